The number of nitrogens with one attached hydrogen (secondary N) is 3. The van der Waals surface area contributed by atoms with Gasteiger partial charge in [-0.1, -0.05) is 36.9 Å². The zero-order valence-electron chi connectivity index (χ0n) is 17.1. The Morgan fingerprint density at radius 2 is 2.03 bits per heavy atom. The number of aromatic amines is 1. The van der Waals surface area contributed by atoms with Gasteiger partial charge in [0.05, 0.1) is 17.8 Å². The predicted molar refractivity (Wildman–Crippen MR) is 111 cm³/mol. The average Bonchev–Trinajstić information content (AvgIpc) is 3.09. The second kappa shape index (κ2) is 9.93. The Labute approximate surface area is 179 Å². The van der Waals surface area contributed by atoms with Crippen LogP contribution in [0.5, 0.6) is 5.75 Å². The van der Waals surface area contributed by atoms with Crippen molar-refractivity contribution in [2.45, 2.75) is 45.1 Å². The van der Waals surface area contributed by atoms with Crippen LogP contribution in [-0.4, -0.2) is 41.7 Å². The first-order valence-corrected chi connectivity index (χ1v) is 10.4. The fraction of sp³-hybridized carbons (Fsp3) is 0.476. The SMILES string of the molecule is COc1cccc(F)c1C(=O)NC(CNC(=O)c1n[nH]c(C)c1Cl)C1CCCCC1. The summed E-state index contributed by atoms with van der Waals surface area (Å²) in [5.74, 6) is -1.31. The smallest absolute Gasteiger partial charge is 0.273 e. The molecule has 2 amide bonds. The number of halogens is 2. The number of rotatable bonds is 7. The van der Waals surface area contributed by atoms with E-state index in [-0.39, 0.29) is 40.5 Å². The fourth-order valence-corrected chi connectivity index (χ4v) is 4.03. The van der Waals surface area contributed by atoms with Gasteiger partial charge in [0.1, 0.15) is 17.1 Å². The number of carbonyl (C=O) groups excluding carboxylic acids is 2. The van der Waals surface area contributed by atoms with E-state index in [1.165, 1.54) is 25.3 Å². The summed E-state index contributed by atoms with van der Waals surface area (Å²) in [6, 6.07) is 3.89. The summed E-state index contributed by atoms with van der Waals surface area (Å²) in [4.78, 5) is 25.4. The molecule has 1 aliphatic rings. The lowest BCUT2D eigenvalue weighted by Crippen LogP contribution is -2.48. The van der Waals surface area contributed by atoms with Gasteiger partial charge in [0.2, 0.25) is 0 Å². The second-order valence-electron chi connectivity index (χ2n) is 7.52. The predicted octanol–water partition coefficient (Wildman–Crippen LogP) is 3.63. The maximum Gasteiger partial charge on any atom is 0.273 e. The van der Waals surface area contributed by atoms with Crippen LogP contribution < -0.4 is 15.4 Å². The number of benzene rings is 1. The molecule has 0 spiro atoms. The molecule has 2 aromatic rings. The third kappa shape index (κ3) is 4.92. The molecule has 1 unspecified atom stereocenters. The van der Waals surface area contributed by atoms with Gasteiger partial charge >= 0.3 is 0 Å². The lowest BCUT2D eigenvalue weighted by molar-refractivity contribution is 0.0876. The van der Waals surface area contributed by atoms with Crippen molar-refractivity contribution in [3.63, 3.8) is 0 Å². The number of carbonyl (C=O) groups is 2. The highest BCUT2D eigenvalue weighted by atomic mass is 35.5. The number of hydrogen-bond donors (Lipinski definition) is 3. The van der Waals surface area contributed by atoms with Gasteiger partial charge in [-0.15, -0.1) is 0 Å². The average molecular weight is 437 g/mol. The van der Waals surface area contributed by atoms with Crippen LogP contribution in [-0.2, 0) is 0 Å². The number of H-pyrrole nitrogens is 1. The summed E-state index contributed by atoms with van der Waals surface area (Å²) in [7, 11) is 1.39. The van der Waals surface area contributed by atoms with Crippen molar-refractivity contribution >= 4 is 23.4 Å². The van der Waals surface area contributed by atoms with Crippen LogP contribution >= 0.6 is 11.6 Å². The first-order chi connectivity index (χ1) is 14.4. The minimum atomic E-state index is -0.656. The first-order valence-electron chi connectivity index (χ1n) is 10.0. The number of hydrogen-bond acceptors (Lipinski definition) is 4. The van der Waals surface area contributed by atoms with Gasteiger partial charge in [-0.3, -0.25) is 14.7 Å². The molecule has 30 heavy (non-hydrogen) atoms. The first kappa shape index (κ1) is 22.1. The Morgan fingerprint density at radius 3 is 2.67 bits per heavy atom. The quantitative estimate of drug-likeness (QED) is 0.617. The van der Waals surface area contributed by atoms with Crippen LogP contribution in [0.15, 0.2) is 18.2 Å². The highest BCUT2D eigenvalue weighted by Gasteiger charge is 2.28. The normalized spacial score (nSPS) is 15.5. The Morgan fingerprint density at radius 1 is 1.30 bits per heavy atom. The number of methoxy groups -OCH3 is 1. The van der Waals surface area contributed by atoms with E-state index < -0.39 is 17.6 Å². The number of ether oxygens (including phenoxy) is 1. The molecule has 1 aromatic carbocycles. The van der Waals surface area contributed by atoms with Gasteiger partial charge in [-0.2, -0.15) is 5.10 Å². The van der Waals surface area contributed by atoms with E-state index in [0.29, 0.717) is 5.69 Å². The minimum absolute atomic E-state index is 0.110. The molecule has 9 heteroatoms. The summed E-state index contributed by atoms with van der Waals surface area (Å²) < 4.78 is 19.5. The van der Waals surface area contributed by atoms with E-state index in [2.05, 4.69) is 20.8 Å². The van der Waals surface area contributed by atoms with Crippen molar-refractivity contribution in [3.05, 3.63) is 46.0 Å². The summed E-state index contributed by atoms with van der Waals surface area (Å²) in [6.07, 6.45) is 5.11. The molecular formula is C21H26ClFN4O3. The van der Waals surface area contributed by atoms with E-state index >= 15 is 0 Å². The van der Waals surface area contributed by atoms with Crippen LogP contribution in [0.4, 0.5) is 4.39 Å². The zero-order chi connectivity index (χ0) is 21.7. The Balaban J connectivity index is 1.75. The van der Waals surface area contributed by atoms with E-state index in [4.69, 9.17) is 16.3 Å². The zero-order valence-corrected chi connectivity index (χ0v) is 17.8. The molecule has 7 nitrogen and oxygen atoms in total. The standard InChI is InChI=1S/C21H26ClFN4O3/c1-12-18(22)19(27-26-12)21(29)24-11-15(13-7-4-3-5-8-13)25-20(28)17-14(23)9-6-10-16(17)30-2/h6,9-10,13,15H,3-5,7-8,11H2,1-2H3,(H,24,29)(H,25,28)(H,26,27). The van der Waals surface area contributed by atoms with Crippen molar-refractivity contribution in [1.82, 2.24) is 20.8 Å². The van der Waals surface area contributed by atoms with E-state index in [1.807, 2.05) is 0 Å². The second-order valence-corrected chi connectivity index (χ2v) is 7.89. The van der Waals surface area contributed by atoms with E-state index in [1.54, 1.807) is 6.92 Å². The van der Waals surface area contributed by atoms with Crippen LogP contribution in [0.2, 0.25) is 5.02 Å². The van der Waals surface area contributed by atoms with Gasteiger partial charge in [-0.05, 0) is 37.8 Å². The fourth-order valence-electron chi connectivity index (χ4n) is 3.86. The molecule has 1 atom stereocenters. The monoisotopic (exact) mass is 436 g/mol. The summed E-state index contributed by atoms with van der Waals surface area (Å²) in [6.45, 7) is 1.91. The summed E-state index contributed by atoms with van der Waals surface area (Å²) >= 11 is 6.10. The maximum atomic E-state index is 14.3. The molecule has 1 heterocycles. The van der Waals surface area contributed by atoms with Crippen molar-refractivity contribution in [3.8, 4) is 5.75 Å². The highest BCUT2D eigenvalue weighted by molar-refractivity contribution is 6.34. The minimum Gasteiger partial charge on any atom is -0.496 e. The lowest BCUT2D eigenvalue weighted by Gasteiger charge is -2.31. The van der Waals surface area contributed by atoms with Crippen LogP contribution in [0.25, 0.3) is 0 Å². The molecule has 0 radical (unpaired) electrons. The van der Waals surface area contributed by atoms with Crippen LogP contribution in [0.1, 0.15) is 58.6 Å². The van der Waals surface area contributed by atoms with Crippen molar-refractivity contribution in [2.24, 2.45) is 5.92 Å². The van der Waals surface area contributed by atoms with Gasteiger partial charge in [0.15, 0.2) is 5.69 Å². The molecule has 1 aliphatic carbocycles. The molecule has 1 saturated carbocycles. The molecule has 162 valence electrons. The third-order valence-corrected chi connectivity index (χ3v) is 5.99. The number of aromatic nitrogens is 2. The number of amides is 2. The highest BCUT2D eigenvalue weighted by Crippen LogP contribution is 2.28. The van der Waals surface area contributed by atoms with Gasteiger partial charge in [-0.25, -0.2) is 4.39 Å². The molecule has 0 aliphatic heterocycles. The van der Waals surface area contributed by atoms with Gasteiger partial charge in [0, 0.05) is 12.6 Å². The van der Waals surface area contributed by atoms with E-state index in [9.17, 15) is 14.0 Å². The Kier molecular flexibility index (Phi) is 7.31. The Bertz CT molecular complexity index is 912. The van der Waals surface area contributed by atoms with E-state index in [0.717, 1.165) is 32.1 Å². The molecule has 3 N–H and O–H groups in total. The largest absolute Gasteiger partial charge is 0.496 e. The molecule has 1 fully saturated rings. The van der Waals surface area contributed by atoms with Crippen LogP contribution in [0, 0.1) is 18.7 Å². The lowest BCUT2D eigenvalue weighted by atomic mass is 9.83. The maximum absolute atomic E-state index is 14.3. The Hall–Kier alpha value is -2.61. The molecule has 0 bridgehead atoms. The van der Waals surface area contributed by atoms with Crippen LogP contribution in [0.3, 0.4) is 0 Å². The molecule has 0 saturated heterocycles. The van der Waals surface area contributed by atoms with Gasteiger partial charge in [0.25, 0.3) is 11.8 Å². The van der Waals surface area contributed by atoms with Crippen molar-refractivity contribution in [1.29, 1.82) is 0 Å². The topological polar surface area (TPSA) is 96.1 Å². The molecular weight excluding hydrogens is 411 g/mol. The van der Waals surface area contributed by atoms with Gasteiger partial charge < -0.3 is 15.4 Å². The van der Waals surface area contributed by atoms with Crippen molar-refractivity contribution < 1.29 is 18.7 Å². The molecule has 3 rings (SSSR count). The summed E-state index contributed by atoms with van der Waals surface area (Å²) in [5.41, 5.74) is 0.572. The number of aryl methyl sites for hydroxylation is 1. The molecule has 1 aromatic heterocycles. The summed E-state index contributed by atoms with van der Waals surface area (Å²) in [5, 5.41) is 12.6. The third-order valence-electron chi connectivity index (χ3n) is 5.53. The van der Waals surface area contributed by atoms with Crippen molar-refractivity contribution in [2.75, 3.05) is 13.7 Å². The number of nitrogens with zero attached hydrogens (tertiary/aromatic N) is 1.